The van der Waals surface area contributed by atoms with E-state index >= 15 is 0 Å². The van der Waals surface area contributed by atoms with Crippen molar-refractivity contribution in [3.8, 4) is 0 Å². The first-order chi connectivity index (χ1) is 4.72. The van der Waals surface area contributed by atoms with Crippen molar-refractivity contribution in [2.75, 3.05) is 0 Å². The molecule has 5 nitrogen and oxygen atoms in total. The number of carbonyl (C=O) groups is 1. The first-order valence-electron chi connectivity index (χ1n) is 2.68. The van der Waals surface area contributed by atoms with Crippen molar-refractivity contribution in [1.29, 1.82) is 5.53 Å². The highest BCUT2D eigenvalue weighted by atomic mass is 16.4. The van der Waals surface area contributed by atoms with E-state index in [1.165, 1.54) is 6.08 Å². The van der Waals surface area contributed by atoms with Gasteiger partial charge in [0, 0.05) is 0 Å². The second kappa shape index (κ2) is 4.49. The fraction of sp³-hybridized carbons (Fsp3) is 0.400. The molecular weight excluding hydrogens is 134 g/mol. The van der Waals surface area contributed by atoms with Crippen LogP contribution in [0.2, 0.25) is 0 Å². The molecule has 0 fully saturated rings. The van der Waals surface area contributed by atoms with Crippen LogP contribution in [0.5, 0.6) is 0 Å². The Morgan fingerprint density at radius 1 is 2.00 bits per heavy atom. The Morgan fingerprint density at radius 3 is 2.90 bits per heavy atom. The zero-order chi connectivity index (χ0) is 7.98. The minimum absolute atomic E-state index is 0.262. The minimum atomic E-state index is -1.03. The fourth-order valence-electron chi connectivity index (χ4n) is 0.453. The summed E-state index contributed by atoms with van der Waals surface area (Å²) >= 11 is 0. The second-order valence-corrected chi connectivity index (χ2v) is 1.66. The summed E-state index contributed by atoms with van der Waals surface area (Å²) in [6, 6.07) is -0.824. The maximum Gasteiger partial charge on any atom is 0.328 e. The van der Waals surface area contributed by atoms with Crippen molar-refractivity contribution in [2.45, 2.75) is 12.5 Å². The van der Waals surface area contributed by atoms with E-state index in [0.29, 0.717) is 0 Å². The second-order valence-electron chi connectivity index (χ2n) is 1.66. The molecule has 0 amide bonds. The standard InChI is InChI=1S/C5H9N3O2/c1-2-3-4(5(9)10)7-8-6/h2,4H,1,3H2,(H2,6,7)(H,9,10). The molecule has 0 saturated carbocycles. The molecule has 0 aromatic rings. The molecule has 0 aliphatic heterocycles. The van der Waals surface area contributed by atoms with Gasteiger partial charge in [-0.25, -0.2) is 4.79 Å². The molecule has 0 aromatic carbocycles. The first kappa shape index (κ1) is 8.61. The molecular formula is C5H9N3O2. The van der Waals surface area contributed by atoms with Crippen LogP contribution in [0, 0.1) is 5.53 Å². The molecule has 0 aliphatic carbocycles. The van der Waals surface area contributed by atoms with Crippen LogP contribution in [0.25, 0.3) is 0 Å². The summed E-state index contributed by atoms with van der Waals surface area (Å²) in [7, 11) is 0. The van der Waals surface area contributed by atoms with E-state index in [0.717, 1.165) is 0 Å². The van der Waals surface area contributed by atoms with Crippen molar-refractivity contribution < 1.29 is 9.90 Å². The van der Waals surface area contributed by atoms with E-state index in [-0.39, 0.29) is 6.42 Å². The van der Waals surface area contributed by atoms with Crippen molar-refractivity contribution in [3.63, 3.8) is 0 Å². The van der Waals surface area contributed by atoms with Gasteiger partial charge in [0.1, 0.15) is 6.04 Å². The van der Waals surface area contributed by atoms with Gasteiger partial charge in [0.15, 0.2) is 0 Å². The van der Waals surface area contributed by atoms with E-state index in [1.807, 2.05) is 0 Å². The van der Waals surface area contributed by atoms with Crippen LogP contribution in [0.3, 0.4) is 0 Å². The first-order valence-corrected chi connectivity index (χ1v) is 2.68. The van der Waals surface area contributed by atoms with Crippen LogP contribution in [-0.2, 0) is 4.79 Å². The molecule has 0 saturated heterocycles. The molecule has 0 aliphatic rings. The fourth-order valence-corrected chi connectivity index (χ4v) is 0.453. The van der Waals surface area contributed by atoms with Gasteiger partial charge in [-0.2, -0.15) is 5.53 Å². The molecule has 0 aromatic heterocycles. The molecule has 5 heteroatoms. The Bertz CT molecular complexity index is 136. The van der Waals surface area contributed by atoms with Crippen molar-refractivity contribution >= 4 is 5.97 Å². The lowest BCUT2D eigenvalue weighted by molar-refractivity contribution is -0.139. The molecule has 1 unspecified atom stereocenters. The van der Waals surface area contributed by atoms with Gasteiger partial charge in [-0.15, -0.1) is 6.58 Å². The van der Waals surface area contributed by atoms with Gasteiger partial charge in [-0.1, -0.05) is 11.3 Å². The predicted molar refractivity (Wildman–Crippen MR) is 34.5 cm³/mol. The summed E-state index contributed by atoms with van der Waals surface area (Å²) in [5.41, 5.74) is 8.42. The molecule has 10 heavy (non-hydrogen) atoms. The molecule has 0 radical (unpaired) electrons. The lowest BCUT2D eigenvalue weighted by Crippen LogP contribution is -2.32. The smallest absolute Gasteiger partial charge is 0.328 e. The quantitative estimate of drug-likeness (QED) is 0.298. The largest absolute Gasteiger partial charge is 0.480 e. The Morgan fingerprint density at radius 2 is 2.60 bits per heavy atom. The van der Waals surface area contributed by atoms with E-state index in [2.05, 4.69) is 17.2 Å². The summed E-state index contributed by atoms with van der Waals surface area (Å²) in [6.45, 7) is 3.36. The highest BCUT2D eigenvalue weighted by molar-refractivity contribution is 5.73. The van der Waals surface area contributed by atoms with Crippen LogP contribution >= 0.6 is 0 Å². The summed E-state index contributed by atoms with van der Waals surface area (Å²) in [5, 5.41) is 11.1. The molecule has 0 heterocycles. The zero-order valence-corrected chi connectivity index (χ0v) is 5.37. The number of carboxylic acids is 1. The molecule has 56 valence electrons. The molecule has 3 N–H and O–H groups in total. The summed E-state index contributed by atoms with van der Waals surface area (Å²) in [5.74, 6) is -1.03. The van der Waals surface area contributed by atoms with Gasteiger partial charge in [0.2, 0.25) is 0 Å². The Balaban J connectivity index is 3.83. The Hall–Kier alpha value is -1.39. The number of nitrogens with one attached hydrogen (secondary N) is 2. The average molecular weight is 143 g/mol. The molecule has 0 spiro atoms. The number of carboxylic acid groups (broad SMARTS) is 1. The third kappa shape index (κ3) is 2.81. The predicted octanol–water partition coefficient (Wildman–Crippen LogP) is 0.551. The van der Waals surface area contributed by atoms with Crippen molar-refractivity contribution in [3.05, 3.63) is 12.7 Å². The van der Waals surface area contributed by atoms with E-state index in [9.17, 15) is 4.79 Å². The lowest BCUT2D eigenvalue weighted by atomic mass is 10.2. The number of rotatable bonds is 5. The molecule has 1 atom stereocenters. The van der Waals surface area contributed by atoms with Gasteiger partial charge in [0.25, 0.3) is 0 Å². The monoisotopic (exact) mass is 143 g/mol. The van der Waals surface area contributed by atoms with E-state index < -0.39 is 12.0 Å². The number of nitrogens with zero attached hydrogens (tertiary/aromatic N) is 1. The van der Waals surface area contributed by atoms with Crippen molar-refractivity contribution in [1.82, 2.24) is 5.43 Å². The highest BCUT2D eigenvalue weighted by Crippen LogP contribution is 1.91. The van der Waals surface area contributed by atoms with Crippen molar-refractivity contribution in [2.24, 2.45) is 5.22 Å². The summed E-state index contributed by atoms with van der Waals surface area (Å²) in [6.07, 6.45) is 1.72. The Labute approximate surface area is 58.2 Å². The average Bonchev–Trinajstić information content (AvgIpc) is 1.87. The lowest BCUT2D eigenvalue weighted by Gasteiger charge is -2.05. The van der Waals surface area contributed by atoms with Gasteiger partial charge < -0.3 is 5.11 Å². The number of hydrogen-bond acceptors (Lipinski definition) is 3. The van der Waals surface area contributed by atoms with E-state index in [1.54, 1.807) is 0 Å². The van der Waals surface area contributed by atoms with Crippen LogP contribution < -0.4 is 5.43 Å². The van der Waals surface area contributed by atoms with E-state index in [4.69, 9.17) is 10.6 Å². The maximum absolute atomic E-state index is 10.2. The SMILES string of the molecule is C=CCC(NN=N)C(=O)O. The number of aliphatic carboxylic acids is 1. The molecule has 0 rings (SSSR count). The minimum Gasteiger partial charge on any atom is -0.480 e. The van der Waals surface area contributed by atoms with Crippen LogP contribution in [0.15, 0.2) is 17.9 Å². The maximum atomic E-state index is 10.2. The summed E-state index contributed by atoms with van der Waals surface area (Å²) < 4.78 is 0. The third-order valence-electron chi connectivity index (χ3n) is 0.921. The topological polar surface area (TPSA) is 85.5 Å². The normalized spacial score (nSPS) is 11.6. The van der Waals surface area contributed by atoms with Crippen LogP contribution in [-0.4, -0.2) is 17.1 Å². The summed E-state index contributed by atoms with van der Waals surface area (Å²) in [4.78, 5) is 10.2. The molecule has 0 bridgehead atoms. The van der Waals surface area contributed by atoms with Gasteiger partial charge in [-0.05, 0) is 6.42 Å². The zero-order valence-electron chi connectivity index (χ0n) is 5.37. The number of hydrogen-bond donors (Lipinski definition) is 3. The highest BCUT2D eigenvalue weighted by Gasteiger charge is 2.13. The van der Waals surface area contributed by atoms with Crippen LogP contribution in [0.1, 0.15) is 6.42 Å². The third-order valence-corrected chi connectivity index (χ3v) is 0.921. The van der Waals surface area contributed by atoms with Crippen LogP contribution in [0.4, 0.5) is 0 Å². The van der Waals surface area contributed by atoms with Gasteiger partial charge in [-0.3, -0.25) is 5.43 Å². The van der Waals surface area contributed by atoms with Gasteiger partial charge in [0.05, 0.1) is 0 Å². The Kier molecular flexibility index (Phi) is 3.86. The van der Waals surface area contributed by atoms with Gasteiger partial charge >= 0.3 is 5.97 Å².